The molecule has 2 aromatic rings. The number of methoxy groups -OCH3 is 1. The van der Waals surface area contributed by atoms with E-state index in [-0.39, 0.29) is 46.6 Å². The van der Waals surface area contributed by atoms with Crippen molar-refractivity contribution in [1.29, 1.82) is 5.41 Å². The van der Waals surface area contributed by atoms with Gasteiger partial charge in [-0.05, 0) is 75.5 Å². The summed E-state index contributed by atoms with van der Waals surface area (Å²) in [4.78, 5) is 30.6. The maximum atomic E-state index is 14.2. The first kappa shape index (κ1) is 29.1. The molecule has 0 saturated heterocycles. The first-order valence-corrected chi connectivity index (χ1v) is 13.2. The molecular formula is C27H34F3N7O3. The van der Waals surface area contributed by atoms with Crippen LogP contribution < -0.4 is 20.7 Å². The van der Waals surface area contributed by atoms with E-state index >= 15 is 0 Å². The molecule has 2 atom stereocenters. The van der Waals surface area contributed by atoms with Crippen molar-refractivity contribution in [3.8, 4) is 5.88 Å². The van der Waals surface area contributed by atoms with Crippen molar-refractivity contribution in [2.45, 2.75) is 63.8 Å². The Morgan fingerprint density at radius 3 is 2.40 bits per heavy atom. The number of anilines is 1. The van der Waals surface area contributed by atoms with Crippen LogP contribution in [-0.4, -0.2) is 58.2 Å². The Labute approximate surface area is 230 Å². The number of amides is 2. The minimum Gasteiger partial charge on any atom is -0.481 e. The van der Waals surface area contributed by atoms with Crippen molar-refractivity contribution in [3.05, 3.63) is 48.1 Å². The lowest BCUT2D eigenvalue weighted by Crippen LogP contribution is -2.51. The molecule has 2 unspecified atom stereocenters. The summed E-state index contributed by atoms with van der Waals surface area (Å²) in [5.41, 5.74) is -0.0176. The van der Waals surface area contributed by atoms with Crippen LogP contribution in [0, 0.1) is 23.2 Å². The van der Waals surface area contributed by atoms with Gasteiger partial charge in [0.1, 0.15) is 11.7 Å². The summed E-state index contributed by atoms with van der Waals surface area (Å²) in [6, 6.07) is -0.551. The van der Waals surface area contributed by atoms with Crippen molar-refractivity contribution in [1.82, 2.24) is 25.4 Å². The quantitative estimate of drug-likeness (QED) is 0.217. The number of nitrogens with zero attached hydrogens (tertiary/aromatic N) is 3. The highest BCUT2D eigenvalue weighted by Gasteiger charge is 2.49. The molecule has 0 spiro atoms. The van der Waals surface area contributed by atoms with Gasteiger partial charge in [0.15, 0.2) is 6.04 Å². The highest BCUT2D eigenvalue weighted by molar-refractivity contribution is 6.02. The average molecular weight is 562 g/mol. The molecule has 2 aliphatic rings. The highest BCUT2D eigenvalue weighted by atomic mass is 19.4. The first-order chi connectivity index (χ1) is 19.0. The third-order valence-corrected chi connectivity index (χ3v) is 6.96. The molecule has 0 radical (unpaired) electrons. The van der Waals surface area contributed by atoms with Crippen LogP contribution >= 0.6 is 0 Å². The monoisotopic (exact) mass is 561 g/mol. The topological polar surface area (TPSA) is 134 Å². The summed E-state index contributed by atoms with van der Waals surface area (Å²) in [7, 11) is 1.23. The number of hydrogen-bond acceptors (Lipinski definition) is 7. The fourth-order valence-corrected chi connectivity index (χ4v) is 5.05. The van der Waals surface area contributed by atoms with Crippen molar-refractivity contribution >= 4 is 23.7 Å². The van der Waals surface area contributed by atoms with E-state index < -0.39 is 30.1 Å². The zero-order valence-electron chi connectivity index (χ0n) is 22.5. The lowest BCUT2D eigenvalue weighted by atomic mass is 9.88. The van der Waals surface area contributed by atoms with E-state index in [1.165, 1.54) is 31.5 Å². The van der Waals surface area contributed by atoms with E-state index in [0.29, 0.717) is 4.68 Å². The molecule has 2 amide bonds. The smallest absolute Gasteiger partial charge is 0.415 e. The second kappa shape index (κ2) is 12.1. The minimum atomic E-state index is -4.73. The van der Waals surface area contributed by atoms with E-state index in [2.05, 4.69) is 26.0 Å². The summed E-state index contributed by atoms with van der Waals surface area (Å²) in [6.45, 7) is 3.69. The summed E-state index contributed by atoms with van der Waals surface area (Å²) in [5, 5.41) is 19.8. The second-order valence-corrected chi connectivity index (χ2v) is 10.5. The Morgan fingerprint density at radius 1 is 1.18 bits per heavy atom. The van der Waals surface area contributed by atoms with Gasteiger partial charge in [-0.3, -0.25) is 14.3 Å². The molecule has 4 N–H and O–H groups in total. The van der Waals surface area contributed by atoms with Crippen LogP contribution in [0.3, 0.4) is 0 Å². The SMILES string of the molecule is COc1ncccc1C(n1cc(NC(=O)C(NC(=O)/C(=C/C=N)NC(C)C)C(C2CC2)C2CC2)cn1)C(F)(F)F. The number of ether oxygens (including phenoxy) is 1. The highest BCUT2D eigenvalue weighted by Crippen LogP contribution is 2.51. The van der Waals surface area contributed by atoms with Gasteiger partial charge in [0.05, 0.1) is 19.0 Å². The van der Waals surface area contributed by atoms with Gasteiger partial charge in [-0.1, -0.05) is 0 Å². The number of nitrogens with one attached hydrogen (secondary N) is 4. The van der Waals surface area contributed by atoms with Crippen LogP contribution in [-0.2, 0) is 9.59 Å². The summed E-state index contributed by atoms with van der Waals surface area (Å²) in [5.74, 6) is -0.770. The van der Waals surface area contributed by atoms with E-state index in [1.807, 2.05) is 13.8 Å². The van der Waals surface area contributed by atoms with Crippen LogP contribution in [0.5, 0.6) is 5.88 Å². The van der Waals surface area contributed by atoms with E-state index in [4.69, 9.17) is 10.1 Å². The van der Waals surface area contributed by atoms with Crippen LogP contribution in [0.25, 0.3) is 0 Å². The largest absolute Gasteiger partial charge is 0.481 e. The molecule has 0 aliphatic heterocycles. The molecule has 0 aromatic carbocycles. The molecule has 2 saturated carbocycles. The van der Waals surface area contributed by atoms with E-state index in [9.17, 15) is 22.8 Å². The molecule has 2 heterocycles. The van der Waals surface area contributed by atoms with Crippen molar-refractivity contribution < 1.29 is 27.5 Å². The molecule has 13 heteroatoms. The van der Waals surface area contributed by atoms with Gasteiger partial charge in [0.25, 0.3) is 5.91 Å². The zero-order valence-corrected chi connectivity index (χ0v) is 22.5. The van der Waals surface area contributed by atoms with Crippen LogP contribution in [0.1, 0.15) is 51.1 Å². The van der Waals surface area contributed by atoms with E-state index in [0.717, 1.165) is 44.3 Å². The predicted molar refractivity (Wildman–Crippen MR) is 142 cm³/mol. The van der Waals surface area contributed by atoms with Gasteiger partial charge in [-0.2, -0.15) is 18.3 Å². The molecule has 2 fully saturated rings. The molecule has 216 valence electrons. The van der Waals surface area contributed by atoms with Gasteiger partial charge in [-0.25, -0.2) is 4.98 Å². The number of carbonyl (C=O) groups is 2. The molecule has 0 bridgehead atoms. The second-order valence-electron chi connectivity index (χ2n) is 10.5. The maximum absolute atomic E-state index is 14.2. The van der Waals surface area contributed by atoms with E-state index in [1.54, 1.807) is 0 Å². The van der Waals surface area contributed by atoms with Crippen molar-refractivity contribution in [3.63, 3.8) is 0 Å². The number of alkyl halides is 3. The van der Waals surface area contributed by atoms with Gasteiger partial charge in [0, 0.05) is 30.2 Å². The Bertz CT molecular complexity index is 1240. The predicted octanol–water partition coefficient (Wildman–Crippen LogP) is 3.83. The minimum absolute atomic E-state index is 0.0577. The molecule has 10 nitrogen and oxygen atoms in total. The number of halogens is 3. The Hall–Kier alpha value is -3.90. The average Bonchev–Trinajstić information content (AvgIpc) is 3.83. The molecular weight excluding hydrogens is 527 g/mol. The van der Waals surface area contributed by atoms with Crippen molar-refractivity contribution in [2.24, 2.45) is 17.8 Å². The fourth-order valence-electron chi connectivity index (χ4n) is 5.05. The molecule has 40 heavy (non-hydrogen) atoms. The normalized spacial score (nSPS) is 17.4. The molecule has 2 aromatic heterocycles. The standard InChI is InChI=1S/C27H34F3N7O3/c1-15(2)34-20(10-11-31)24(38)36-22(21(16-6-7-16)17-8-9-17)25(39)35-18-13-33-37(14-18)23(27(28,29)30)19-5-4-12-32-26(19)40-3/h4-5,10-17,21-23,31,34H,6-9H2,1-3H3,(H,35,39)(H,36,38)/b20-10-,31-11?. The zero-order chi connectivity index (χ0) is 29.0. The third-order valence-electron chi connectivity index (χ3n) is 6.96. The van der Waals surface area contributed by atoms with Crippen LogP contribution in [0.15, 0.2) is 42.5 Å². The Balaban J connectivity index is 1.59. The summed E-state index contributed by atoms with van der Waals surface area (Å²) >= 11 is 0. The lowest BCUT2D eigenvalue weighted by molar-refractivity contribution is -0.159. The number of hydrogen-bond donors (Lipinski definition) is 4. The number of rotatable bonds is 13. The fraction of sp³-hybridized carbons (Fsp3) is 0.519. The van der Waals surface area contributed by atoms with Crippen molar-refractivity contribution in [2.75, 3.05) is 12.4 Å². The molecule has 2 aliphatic carbocycles. The maximum Gasteiger partial charge on any atom is 0.415 e. The van der Waals surface area contributed by atoms with Gasteiger partial charge in [0.2, 0.25) is 11.8 Å². The first-order valence-electron chi connectivity index (χ1n) is 13.2. The van der Waals surface area contributed by atoms with Gasteiger partial charge in [-0.15, -0.1) is 0 Å². The number of allylic oxidation sites excluding steroid dienone is 1. The molecule has 4 rings (SSSR count). The number of aromatic nitrogens is 3. The summed E-state index contributed by atoms with van der Waals surface area (Å²) < 4.78 is 48.3. The van der Waals surface area contributed by atoms with Crippen LogP contribution in [0.4, 0.5) is 18.9 Å². The number of pyridine rings is 1. The van der Waals surface area contributed by atoms with Gasteiger partial charge < -0.3 is 26.1 Å². The van der Waals surface area contributed by atoms with Gasteiger partial charge >= 0.3 is 6.18 Å². The Morgan fingerprint density at radius 2 is 1.85 bits per heavy atom. The Kier molecular flexibility index (Phi) is 8.79. The lowest BCUT2D eigenvalue weighted by Gasteiger charge is -2.28. The summed E-state index contributed by atoms with van der Waals surface area (Å²) in [6.07, 6.45) is 4.95. The third kappa shape index (κ3) is 6.99. The number of carbonyl (C=O) groups excluding carboxylic acids is 2. The van der Waals surface area contributed by atoms with Crippen LogP contribution in [0.2, 0.25) is 0 Å².